The smallest absolute Gasteiger partial charge is 0.0951 e. The van der Waals surface area contributed by atoms with Gasteiger partial charge in [-0.2, -0.15) is 0 Å². The Morgan fingerprint density at radius 1 is 1.40 bits per heavy atom. The highest BCUT2D eigenvalue weighted by Gasteiger charge is 2.20. The van der Waals surface area contributed by atoms with Gasteiger partial charge in [0.2, 0.25) is 0 Å². The van der Waals surface area contributed by atoms with Crippen molar-refractivity contribution in [2.24, 2.45) is 5.92 Å². The summed E-state index contributed by atoms with van der Waals surface area (Å²) >= 11 is 0. The van der Waals surface area contributed by atoms with Crippen LogP contribution in [0.4, 0.5) is 0 Å². The molecular formula is C12H21N3. The minimum atomic E-state index is 0.687. The SMILES string of the molecule is CNCc1cncn1C1CCC(C)CC1. The molecule has 2 rings (SSSR count). The summed E-state index contributed by atoms with van der Waals surface area (Å²) in [5.74, 6) is 0.914. The third kappa shape index (κ3) is 2.40. The quantitative estimate of drug-likeness (QED) is 0.824. The number of hydrogen-bond donors (Lipinski definition) is 1. The van der Waals surface area contributed by atoms with Crippen LogP contribution in [0.3, 0.4) is 0 Å². The summed E-state index contributed by atoms with van der Waals surface area (Å²) < 4.78 is 2.36. The van der Waals surface area contributed by atoms with E-state index in [1.54, 1.807) is 0 Å². The Bertz CT molecular complexity index is 298. The molecule has 0 bridgehead atoms. The van der Waals surface area contributed by atoms with E-state index in [4.69, 9.17) is 0 Å². The lowest BCUT2D eigenvalue weighted by Crippen LogP contribution is -2.19. The molecule has 1 aromatic rings. The van der Waals surface area contributed by atoms with Crippen LogP contribution in [0.5, 0.6) is 0 Å². The second-order valence-corrected chi connectivity index (χ2v) is 4.74. The van der Waals surface area contributed by atoms with Crippen molar-refractivity contribution in [2.75, 3.05) is 7.05 Å². The largest absolute Gasteiger partial charge is 0.330 e. The first-order valence-electron chi connectivity index (χ1n) is 5.96. The van der Waals surface area contributed by atoms with E-state index in [0.29, 0.717) is 6.04 Å². The van der Waals surface area contributed by atoms with Gasteiger partial charge in [0.15, 0.2) is 0 Å². The van der Waals surface area contributed by atoms with E-state index in [0.717, 1.165) is 12.5 Å². The Kier molecular flexibility index (Phi) is 3.41. The van der Waals surface area contributed by atoms with Crippen LogP contribution in [0.25, 0.3) is 0 Å². The molecule has 0 unspecified atom stereocenters. The molecule has 0 spiro atoms. The summed E-state index contributed by atoms with van der Waals surface area (Å²) in [4.78, 5) is 4.26. The lowest BCUT2D eigenvalue weighted by Gasteiger charge is -2.28. The van der Waals surface area contributed by atoms with E-state index < -0.39 is 0 Å². The minimum absolute atomic E-state index is 0.687. The van der Waals surface area contributed by atoms with E-state index >= 15 is 0 Å². The van der Waals surface area contributed by atoms with Crippen LogP contribution in [-0.4, -0.2) is 16.6 Å². The van der Waals surface area contributed by atoms with Gasteiger partial charge >= 0.3 is 0 Å². The van der Waals surface area contributed by atoms with Crippen molar-refractivity contribution in [3.8, 4) is 0 Å². The standard InChI is InChI=1S/C12H21N3/c1-10-3-5-11(6-4-10)15-9-14-8-12(15)7-13-2/h8-11,13H,3-7H2,1-2H3. The molecule has 1 saturated carbocycles. The summed E-state index contributed by atoms with van der Waals surface area (Å²) in [6.07, 6.45) is 9.33. The van der Waals surface area contributed by atoms with Gasteiger partial charge in [0.05, 0.1) is 12.0 Å². The average Bonchev–Trinajstić information content (AvgIpc) is 2.68. The van der Waals surface area contributed by atoms with Crippen molar-refractivity contribution >= 4 is 0 Å². The summed E-state index contributed by atoms with van der Waals surface area (Å²) in [5, 5.41) is 3.20. The zero-order valence-corrected chi connectivity index (χ0v) is 9.74. The number of aromatic nitrogens is 2. The second-order valence-electron chi connectivity index (χ2n) is 4.74. The summed E-state index contributed by atoms with van der Waals surface area (Å²) in [5.41, 5.74) is 1.32. The summed E-state index contributed by atoms with van der Waals surface area (Å²) in [7, 11) is 1.99. The Balaban J connectivity index is 2.05. The van der Waals surface area contributed by atoms with Crippen LogP contribution in [0.15, 0.2) is 12.5 Å². The monoisotopic (exact) mass is 207 g/mol. The fraction of sp³-hybridized carbons (Fsp3) is 0.750. The molecule has 1 aliphatic carbocycles. The molecule has 1 heterocycles. The van der Waals surface area contributed by atoms with E-state index in [2.05, 4.69) is 21.8 Å². The van der Waals surface area contributed by atoms with Crippen LogP contribution < -0.4 is 5.32 Å². The van der Waals surface area contributed by atoms with Crippen molar-refractivity contribution in [3.05, 3.63) is 18.2 Å². The lowest BCUT2D eigenvalue weighted by atomic mass is 9.87. The van der Waals surface area contributed by atoms with Crippen molar-refractivity contribution in [2.45, 2.75) is 45.2 Å². The van der Waals surface area contributed by atoms with Crippen molar-refractivity contribution < 1.29 is 0 Å². The van der Waals surface area contributed by atoms with Gasteiger partial charge in [-0.3, -0.25) is 0 Å². The molecule has 1 aromatic heterocycles. The Hall–Kier alpha value is -0.830. The van der Waals surface area contributed by atoms with Crippen LogP contribution in [0.2, 0.25) is 0 Å². The van der Waals surface area contributed by atoms with E-state index in [9.17, 15) is 0 Å². The number of rotatable bonds is 3. The molecule has 1 N–H and O–H groups in total. The minimum Gasteiger partial charge on any atom is -0.330 e. The lowest BCUT2D eigenvalue weighted by molar-refractivity contribution is 0.285. The molecule has 1 aliphatic rings. The normalized spacial score (nSPS) is 26.8. The van der Waals surface area contributed by atoms with Gasteiger partial charge in [0, 0.05) is 18.8 Å². The van der Waals surface area contributed by atoms with Crippen LogP contribution in [-0.2, 0) is 6.54 Å². The molecule has 0 saturated heterocycles. The zero-order chi connectivity index (χ0) is 10.7. The van der Waals surface area contributed by atoms with Gasteiger partial charge < -0.3 is 9.88 Å². The zero-order valence-electron chi connectivity index (χ0n) is 9.74. The van der Waals surface area contributed by atoms with Crippen LogP contribution in [0, 0.1) is 5.92 Å². The molecule has 1 fully saturated rings. The maximum Gasteiger partial charge on any atom is 0.0951 e. The number of imidazole rings is 1. The predicted molar refractivity (Wildman–Crippen MR) is 61.7 cm³/mol. The molecule has 3 nitrogen and oxygen atoms in total. The highest BCUT2D eigenvalue weighted by Crippen LogP contribution is 2.32. The highest BCUT2D eigenvalue weighted by atomic mass is 15.1. The third-order valence-electron chi connectivity index (χ3n) is 3.48. The molecule has 15 heavy (non-hydrogen) atoms. The topological polar surface area (TPSA) is 29.9 Å². The average molecular weight is 207 g/mol. The van der Waals surface area contributed by atoms with Crippen molar-refractivity contribution in [3.63, 3.8) is 0 Å². The van der Waals surface area contributed by atoms with E-state index in [1.165, 1.54) is 31.4 Å². The molecule has 84 valence electrons. The molecule has 3 heteroatoms. The molecule has 0 amide bonds. The Labute approximate surface area is 91.9 Å². The van der Waals surface area contributed by atoms with Crippen molar-refractivity contribution in [1.29, 1.82) is 0 Å². The maximum absolute atomic E-state index is 4.26. The van der Waals surface area contributed by atoms with Crippen LogP contribution >= 0.6 is 0 Å². The highest BCUT2D eigenvalue weighted by molar-refractivity contribution is 5.00. The molecule has 0 aromatic carbocycles. The van der Waals surface area contributed by atoms with Gasteiger partial charge in [-0.25, -0.2) is 4.98 Å². The fourth-order valence-corrected chi connectivity index (χ4v) is 2.50. The van der Waals surface area contributed by atoms with Crippen LogP contribution in [0.1, 0.15) is 44.3 Å². The van der Waals surface area contributed by atoms with Crippen molar-refractivity contribution in [1.82, 2.24) is 14.9 Å². The molecule has 0 aliphatic heterocycles. The second kappa shape index (κ2) is 4.79. The fourth-order valence-electron chi connectivity index (χ4n) is 2.50. The Morgan fingerprint density at radius 2 is 2.13 bits per heavy atom. The number of nitrogens with one attached hydrogen (secondary N) is 1. The molecule has 0 atom stereocenters. The van der Waals surface area contributed by atoms with Gasteiger partial charge in [0.25, 0.3) is 0 Å². The summed E-state index contributed by atoms with van der Waals surface area (Å²) in [6.45, 7) is 3.28. The van der Waals surface area contributed by atoms with E-state index in [1.807, 2.05) is 19.6 Å². The van der Waals surface area contributed by atoms with Gasteiger partial charge in [0.1, 0.15) is 0 Å². The maximum atomic E-state index is 4.26. The van der Waals surface area contributed by atoms with Gasteiger partial charge in [-0.05, 0) is 38.6 Å². The predicted octanol–water partition coefficient (Wildman–Crippen LogP) is 2.35. The third-order valence-corrected chi connectivity index (χ3v) is 3.48. The summed E-state index contributed by atoms with van der Waals surface area (Å²) in [6, 6.07) is 0.687. The first-order chi connectivity index (χ1) is 7.31. The van der Waals surface area contributed by atoms with Gasteiger partial charge in [-0.15, -0.1) is 0 Å². The first-order valence-corrected chi connectivity index (χ1v) is 5.96. The van der Waals surface area contributed by atoms with E-state index in [-0.39, 0.29) is 0 Å². The molecular weight excluding hydrogens is 186 g/mol. The number of nitrogens with zero attached hydrogens (tertiary/aromatic N) is 2. The number of hydrogen-bond acceptors (Lipinski definition) is 2. The molecule has 0 radical (unpaired) electrons. The first kappa shape index (κ1) is 10.7. The Morgan fingerprint density at radius 3 is 2.80 bits per heavy atom. The van der Waals surface area contributed by atoms with Gasteiger partial charge in [-0.1, -0.05) is 6.92 Å².